The summed E-state index contributed by atoms with van der Waals surface area (Å²) in [7, 11) is 0. The molecule has 0 radical (unpaired) electrons. The Morgan fingerprint density at radius 2 is 1.85 bits per heavy atom. The molecule has 1 atom stereocenters. The first-order valence-corrected chi connectivity index (χ1v) is 7.66. The van der Waals surface area contributed by atoms with Crippen molar-refractivity contribution in [3.63, 3.8) is 0 Å². The standard InChI is InChI=1S/C18H14F3N3O2/c19-12-4-1-10(2-5-12)17-13(8-23-24-17)18(26)22-9-16(25)11-3-6-14(20)15(21)7-11/h1-8,16,25H,9H2,(H,22,26)(H,23,24)/t16-/m0/s1. The van der Waals surface area contributed by atoms with Crippen molar-refractivity contribution in [2.45, 2.75) is 6.10 Å². The summed E-state index contributed by atoms with van der Waals surface area (Å²) < 4.78 is 39.2. The molecule has 0 bridgehead atoms. The predicted molar refractivity (Wildman–Crippen MR) is 87.6 cm³/mol. The monoisotopic (exact) mass is 361 g/mol. The van der Waals surface area contributed by atoms with Crippen LogP contribution in [0.25, 0.3) is 11.3 Å². The zero-order valence-corrected chi connectivity index (χ0v) is 13.3. The van der Waals surface area contributed by atoms with E-state index >= 15 is 0 Å². The number of rotatable bonds is 5. The van der Waals surface area contributed by atoms with E-state index < -0.39 is 29.5 Å². The fourth-order valence-corrected chi connectivity index (χ4v) is 2.42. The van der Waals surface area contributed by atoms with Gasteiger partial charge < -0.3 is 10.4 Å². The Balaban J connectivity index is 1.70. The second kappa shape index (κ2) is 7.40. The van der Waals surface area contributed by atoms with Gasteiger partial charge in [0.1, 0.15) is 5.82 Å². The van der Waals surface area contributed by atoms with Crippen molar-refractivity contribution in [1.82, 2.24) is 15.5 Å². The number of halogens is 3. The molecule has 3 rings (SSSR count). The number of H-pyrrole nitrogens is 1. The van der Waals surface area contributed by atoms with Gasteiger partial charge in [-0.05, 0) is 42.0 Å². The van der Waals surface area contributed by atoms with E-state index in [-0.39, 0.29) is 17.7 Å². The number of carbonyl (C=O) groups excluding carboxylic acids is 1. The number of benzene rings is 2. The molecule has 3 N–H and O–H groups in total. The largest absolute Gasteiger partial charge is 0.387 e. The number of nitrogens with one attached hydrogen (secondary N) is 2. The lowest BCUT2D eigenvalue weighted by Gasteiger charge is -2.12. The number of hydrogen-bond acceptors (Lipinski definition) is 3. The summed E-state index contributed by atoms with van der Waals surface area (Å²) in [5, 5.41) is 19.0. The third-order valence-corrected chi connectivity index (χ3v) is 3.80. The number of hydrogen-bond donors (Lipinski definition) is 3. The summed E-state index contributed by atoms with van der Waals surface area (Å²) in [6, 6.07) is 8.50. The van der Waals surface area contributed by atoms with Crippen LogP contribution in [0.3, 0.4) is 0 Å². The fourth-order valence-electron chi connectivity index (χ4n) is 2.42. The highest BCUT2D eigenvalue weighted by Gasteiger charge is 2.17. The molecule has 0 spiro atoms. The van der Waals surface area contributed by atoms with Crippen LogP contribution >= 0.6 is 0 Å². The van der Waals surface area contributed by atoms with Crippen molar-refractivity contribution in [2.24, 2.45) is 0 Å². The van der Waals surface area contributed by atoms with Crippen LogP contribution in [0.1, 0.15) is 22.0 Å². The number of aromatic amines is 1. The first-order chi connectivity index (χ1) is 12.5. The third kappa shape index (κ3) is 3.75. The molecule has 1 aromatic heterocycles. The zero-order chi connectivity index (χ0) is 18.7. The third-order valence-electron chi connectivity index (χ3n) is 3.80. The summed E-state index contributed by atoms with van der Waals surface area (Å²) in [4.78, 5) is 12.3. The quantitative estimate of drug-likeness (QED) is 0.654. The summed E-state index contributed by atoms with van der Waals surface area (Å²) in [5.41, 5.74) is 1.30. The zero-order valence-electron chi connectivity index (χ0n) is 13.3. The number of aliphatic hydroxyl groups is 1. The Morgan fingerprint density at radius 1 is 1.12 bits per heavy atom. The van der Waals surface area contributed by atoms with Gasteiger partial charge in [-0.2, -0.15) is 5.10 Å². The topological polar surface area (TPSA) is 78.0 Å². The summed E-state index contributed by atoms with van der Waals surface area (Å²) in [6.45, 7) is -0.210. The molecule has 0 saturated carbocycles. The average Bonchev–Trinajstić information content (AvgIpc) is 3.12. The van der Waals surface area contributed by atoms with Crippen molar-refractivity contribution < 1.29 is 23.1 Å². The average molecular weight is 361 g/mol. The van der Waals surface area contributed by atoms with Crippen LogP contribution in [0.4, 0.5) is 13.2 Å². The number of amides is 1. The summed E-state index contributed by atoms with van der Waals surface area (Å²) in [6.07, 6.45) is 0.0908. The molecule has 26 heavy (non-hydrogen) atoms. The second-order valence-corrected chi connectivity index (χ2v) is 5.56. The smallest absolute Gasteiger partial charge is 0.255 e. The minimum absolute atomic E-state index is 0.134. The first kappa shape index (κ1) is 17.7. The molecular formula is C18H14F3N3O2. The summed E-state index contributed by atoms with van der Waals surface area (Å²) in [5.74, 6) is -3.04. The van der Waals surface area contributed by atoms with Gasteiger partial charge in [0.25, 0.3) is 5.91 Å². The molecule has 8 heteroatoms. The maximum absolute atomic E-state index is 13.2. The molecule has 0 aliphatic rings. The maximum Gasteiger partial charge on any atom is 0.255 e. The van der Waals surface area contributed by atoms with Crippen LogP contribution in [-0.2, 0) is 0 Å². The number of aromatic nitrogens is 2. The molecule has 1 heterocycles. The van der Waals surface area contributed by atoms with Gasteiger partial charge in [-0.25, -0.2) is 13.2 Å². The normalized spacial score (nSPS) is 12.0. The maximum atomic E-state index is 13.2. The molecule has 0 aliphatic carbocycles. The van der Waals surface area contributed by atoms with Gasteiger partial charge in [-0.1, -0.05) is 6.07 Å². The van der Waals surface area contributed by atoms with Crippen molar-refractivity contribution in [3.8, 4) is 11.3 Å². The van der Waals surface area contributed by atoms with Crippen LogP contribution in [0.5, 0.6) is 0 Å². The van der Waals surface area contributed by atoms with E-state index in [4.69, 9.17) is 0 Å². The van der Waals surface area contributed by atoms with E-state index in [9.17, 15) is 23.1 Å². The van der Waals surface area contributed by atoms with Crippen molar-refractivity contribution in [3.05, 3.63) is 77.2 Å². The number of nitrogens with zero attached hydrogens (tertiary/aromatic N) is 1. The van der Waals surface area contributed by atoms with Gasteiger partial charge in [-0.15, -0.1) is 0 Å². The Hall–Kier alpha value is -3.13. The van der Waals surface area contributed by atoms with Crippen LogP contribution < -0.4 is 5.32 Å². The van der Waals surface area contributed by atoms with Crippen LogP contribution in [0.15, 0.2) is 48.7 Å². The molecular weight excluding hydrogens is 347 g/mol. The molecule has 2 aromatic carbocycles. The molecule has 5 nitrogen and oxygen atoms in total. The van der Waals surface area contributed by atoms with Crippen molar-refractivity contribution in [2.75, 3.05) is 6.54 Å². The molecule has 3 aromatic rings. The highest BCUT2D eigenvalue weighted by atomic mass is 19.2. The lowest BCUT2D eigenvalue weighted by molar-refractivity contribution is 0.0917. The van der Waals surface area contributed by atoms with Gasteiger partial charge in [0.05, 0.1) is 23.6 Å². The Labute approximate surface area is 146 Å². The number of aliphatic hydroxyl groups excluding tert-OH is 1. The van der Waals surface area contributed by atoms with E-state index in [2.05, 4.69) is 15.5 Å². The minimum Gasteiger partial charge on any atom is -0.387 e. The number of carbonyl (C=O) groups is 1. The Bertz CT molecular complexity index is 926. The lowest BCUT2D eigenvalue weighted by atomic mass is 10.1. The highest BCUT2D eigenvalue weighted by molar-refractivity contribution is 5.99. The first-order valence-electron chi connectivity index (χ1n) is 7.66. The van der Waals surface area contributed by atoms with E-state index in [0.29, 0.717) is 11.3 Å². The van der Waals surface area contributed by atoms with Gasteiger partial charge in [-0.3, -0.25) is 9.89 Å². The van der Waals surface area contributed by atoms with E-state index in [1.165, 1.54) is 36.5 Å². The van der Waals surface area contributed by atoms with Gasteiger partial charge in [0.15, 0.2) is 11.6 Å². The molecule has 1 amide bonds. The molecule has 0 saturated heterocycles. The van der Waals surface area contributed by atoms with E-state index in [1.807, 2.05) is 0 Å². The SMILES string of the molecule is O=C(NC[C@H](O)c1ccc(F)c(F)c1)c1cn[nH]c1-c1ccc(F)cc1. The van der Waals surface area contributed by atoms with Gasteiger partial charge in [0, 0.05) is 12.1 Å². The van der Waals surface area contributed by atoms with Gasteiger partial charge >= 0.3 is 0 Å². The molecule has 0 unspecified atom stereocenters. The van der Waals surface area contributed by atoms with Crippen molar-refractivity contribution in [1.29, 1.82) is 0 Å². The van der Waals surface area contributed by atoms with Crippen molar-refractivity contribution >= 4 is 5.91 Å². The summed E-state index contributed by atoms with van der Waals surface area (Å²) >= 11 is 0. The Kier molecular flexibility index (Phi) is 5.04. The lowest BCUT2D eigenvalue weighted by Crippen LogP contribution is -2.28. The second-order valence-electron chi connectivity index (χ2n) is 5.56. The molecule has 0 aliphatic heterocycles. The fraction of sp³-hybridized carbons (Fsp3) is 0.111. The van der Waals surface area contributed by atoms with Crippen LogP contribution in [0, 0.1) is 17.5 Å². The van der Waals surface area contributed by atoms with E-state index in [1.54, 1.807) is 0 Å². The Morgan fingerprint density at radius 3 is 2.54 bits per heavy atom. The highest BCUT2D eigenvalue weighted by Crippen LogP contribution is 2.22. The predicted octanol–water partition coefficient (Wildman–Crippen LogP) is 2.96. The van der Waals surface area contributed by atoms with Gasteiger partial charge in [0.2, 0.25) is 0 Å². The van der Waals surface area contributed by atoms with E-state index in [0.717, 1.165) is 12.1 Å². The minimum atomic E-state index is -1.21. The molecule has 134 valence electrons. The van der Waals surface area contributed by atoms with Crippen LogP contribution in [0.2, 0.25) is 0 Å². The molecule has 0 fully saturated rings. The van der Waals surface area contributed by atoms with Crippen LogP contribution in [-0.4, -0.2) is 27.8 Å².